The topological polar surface area (TPSA) is 55.0 Å². The van der Waals surface area contributed by atoms with Crippen LogP contribution in [-0.4, -0.2) is 24.3 Å². The molecule has 1 aromatic carbocycles. The van der Waals surface area contributed by atoms with Crippen LogP contribution in [0.2, 0.25) is 0 Å². The van der Waals surface area contributed by atoms with Crippen molar-refractivity contribution >= 4 is 28.2 Å². The first kappa shape index (κ1) is 13.3. The van der Waals surface area contributed by atoms with E-state index in [1.54, 1.807) is 6.07 Å². The Kier molecular flexibility index (Phi) is 4.15. The monoisotopic (exact) mass is 284 g/mol. The number of hydrogen-bond acceptors (Lipinski definition) is 6. The Hall–Kier alpha value is -1.18. The number of benzene rings is 1. The number of rotatable bonds is 4. The second kappa shape index (κ2) is 5.64. The number of anilines is 1. The van der Waals surface area contributed by atoms with Crippen molar-refractivity contribution < 1.29 is 4.39 Å². The number of aromatic nitrogens is 2. The third-order valence-corrected chi connectivity index (χ3v) is 4.48. The Morgan fingerprint density at radius 2 is 2.17 bits per heavy atom. The minimum absolute atomic E-state index is 0.272. The maximum atomic E-state index is 13.1. The maximum absolute atomic E-state index is 13.1. The van der Waals surface area contributed by atoms with Gasteiger partial charge in [0.1, 0.15) is 5.82 Å². The Morgan fingerprint density at radius 1 is 1.39 bits per heavy atom. The van der Waals surface area contributed by atoms with E-state index in [1.807, 2.05) is 19.0 Å². The minimum atomic E-state index is -0.272. The average Bonchev–Trinajstić information content (AvgIpc) is 2.80. The SMILES string of the molecule is CN(C)c1nnc(Sc2ccc(F)cc2CN)s1. The van der Waals surface area contributed by atoms with Crippen LogP contribution in [0.3, 0.4) is 0 Å². The number of halogens is 1. The molecule has 96 valence electrons. The molecule has 0 atom stereocenters. The smallest absolute Gasteiger partial charge is 0.208 e. The fourth-order valence-corrected chi connectivity index (χ4v) is 3.17. The molecule has 0 unspecified atom stereocenters. The maximum Gasteiger partial charge on any atom is 0.208 e. The van der Waals surface area contributed by atoms with Gasteiger partial charge in [-0.3, -0.25) is 0 Å². The van der Waals surface area contributed by atoms with Gasteiger partial charge in [-0.1, -0.05) is 23.1 Å². The van der Waals surface area contributed by atoms with Crippen molar-refractivity contribution in [2.24, 2.45) is 5.73 Å². The largest absolute Gasteiger partial charge is 0.353 e. The van der Waals surface area contributed by atoms with Crippen LogP contribution in [0.4, 0.5) is 9.52 Å². The molecule has 0 aliphatic heterocycles. The minimum Gasteiger partial charge on any atom is -0.353 e. The van der Waals surface area contributed by atoms with Crippen LogP contribution in [0, 0.1) is 5.82 Å². The number of nitrogens with zero attached hydrogens (tertiary/aromatic N) is 3. The first-order valence-electron chi connectivity index (χ1n) is 5.27. The van der Waals surface area contributed by atoms with Crippen molar-refractivity contribution in [3.05, 3.63) is 29.6 Å². The fourth-order valence-electron chi connectivity index (χ4n) is 1.33. The Balaban J connectivity index is 2.22. The Bertz CT molecular complexity index is 542. The van der Waals surface area contributed by atoms with Crippen molar-refractivity contribution in [2.75, 3.05) is 19.0 Å². The summed E-state index contributed by atoms with van der Waals surface area (Å²) in [6.45, 7) is 0.305. The first-order valence-corrected chi connectivity index (χ1v) is 6.90. The molecular weight excluding hydrogens is 271 g/mol. The first-order chi connectivity index (χ1) is 8.60. The van der Waals surface area contributed by atoms with Crippen LogP contribution in [0.15, 0.2) is 27.4 Å². The summed E-state index contributed by atoms with van der Waals surface area (Å²) in [5, 5.41) is 8.98. The van der Waals surface area contributed by atoms with Crippen LogP contribution >= 0.6 is 23.1 Å². The third-order valence-electron chi connectivity index (χ3n) is 2.22. The van der Waals surface area contributed by atoms with Crippen LogP contribution < -0.4 is 10.6 Å². The summed E-state index contributed by atoms with van der Waals surface area (Å²) < 4.78 is 13.9. The molecule has 18 heavy (non-hydrogen) atoms. The zero-order valence-electron chi connectivity index (χ0n) is 10.1. The van der Waals surface area contributed by atoms with Crippen molar-refractivity contribution in [2.45, 2.75) is 15.8 Å². The van der Waals surface area contributed by atoms with Gasteiger partial charge in [0.15, 0.2) is 4.34 Å². The molecule has 1 heterocycles. The number of nitrogens with two attached hydrogens (primary N) is 1. The summed E-state index contributed by atoms with van der Waals surface area (Å²) in [7, 11) is 3.83. The van der Waals surface area contributed by atoms with Gasteiger partial charge in [0.05, 0.1) is 0 Å². The normalized spacial score (nSPS) is 10.7. The predicted octanol–water partition coefficient (Wildman–Crippen LogP) is 2.35. The molecule has 7 heteroatoms. The number of hydrogen-bond donors (Lipinski definition) is 1. The standard InChI is InChI=1S/C11H13FN4S2/c1-16(2)10-14-15-11(18-10)17-9-4-3-8(12)5-7(9)6-13/h3-5H,6,13H2,1-2H3. The summed E-state index contributed by atoms with van der Waals surface area (Å²) in [4.78, 5) is 2.82. The lowest BCUT2D eigenvalue weighted by molar-refractivity contribution is 0.623. The molecule has 0 aliphatic carbocycles. The van der Waals surface area contributed by atoms with Gasteiger partial charge in [0.25, 0.3) is 0 Å². The van der Waals surface area contributed by atoms with Gasteiger partial charge in [0.2, 0.25) is 5.13 Å². The van der Waals surface area contributed by atoms with Crippen molar-refractivity contribution in [1.82, 2.24) is 10.2 Å². The predicted molar refractivity (Wildman–Crippen MR) is 72.7 cm³/mol. The molecule has 0 radical (unpaired) electrons. The highest BCUT2D eigenvalue weighted by molar-refractivity contribution is 8.01. The van der Waals surface area contributed by atoms with Gasteiger partial charge in [0, 0.05) is 25.5 Å². The lowest BCUT2D eigenvalue weighted by Gasteiger charge is -2.05. The van der Waals surface area contributed by atoms with Crippen LogP contribution in [-0.2, 0) is 6.54 Å². The highest BCUT2D eigenvalue weighted by Crippen LogP contribution is 2.34. The van der Waals surface area contributed by atoms with E-state index in [9.17, 15) is 4.39 Å². The molecule has 0 aliphatic rings. The van der Waals surface area contributed by atoms with Gasteiger partial charge >= 0.3 is 0 Å². The van der Waals surface area contributed by atoms with E-state index in [-0.39, 0.29) is 5.82 Å². The van der Waals surface area contributed by atoms with Gasteiger partial charge in [-0.25, -0.2) is 4.39 Å². The van der Waals surface area contributed by atoms with Gasteiger partial charge in [-0.2, -0.15) is 0 Å². The third kappa shape index (κ3) is 2.98. The Morgan fingerprint density at radius 3 is 2.78 bits per heavy atom. The molecule has 2 rings (SSSR count). The molecule has 0 amide bonds. The summed E-state index contributed by atoms with van der Waals surface area (Å²) >= 11 is 2.95. The quantitative estimate of drug-likeness (QED) is 0.934. The van der Waals surface area contributed by atoms with Gasteiger partial charge in [-0.15, -0.1) is 10.2 Å². The van der Waals surface area contributed by atoms with E-state index < -0.39 is 0 Å². The fraction of sp³-hybridized carbons (Fsp3) is 0.273. The van der Waals surface area contributed by atoms with E-state index in [1.165, 1.54) is 35.2 Å². The van der Waals surface area contributed by atoms with Crippen LogP contribution in [0.25, 0.3) is 0 Å². The van der Waals surface area contributed by atoms with Gasteiger partial charge < -0.3 is 10.6 Å². The second-order valence-corrected chi connectivity index (χ2v) is 6.05. The molecule has 2 aromatic rings. The summed E-state index contributed by atoms with van der Waals surface area (Å²) in [6.07, 6.45) is 0. The Labute approximate surface area is 113 Å². The molecule has 0 bridgehead atoms. The second-order valence-electron chi connectivity index (χ2n) is 3.80. The van der Waals surface area contributed by atoms with Crippen molar-refractivity contribution in [1.29, 1.82) is 0 Å². The summed E-state index contributed by atoms with van der Waals surface area (Å²) in [5.74, 6) is -0.272. The van der Waals surface area contributed by atoms with Crippen molar-refractivity contribution in [3.63, 3.8) is 0 Å². The van der Waals surface area contributed by atoms with E-state index in [4.69, 9.17) is 5.73 Å². The van der Waals surface area contributed by atoms with Crippen LogP contribution in [0.5, 0.6) is 0 Å². The zero-order valence-corrected chi connectivity index (χ0v) is 11.7. The van der Waals surface area contributed by atoms with Gasteiger partial charge in [-0.05, 0) is 23.8 Å². The molecule has 0 fully saturated rings. The zero-order chi connectivity index (χ0) is 13.1. The molecule has 0 saturated carbocycles. The molecule has 0 spiro atoms. The molecule has 4 nitrogen and oxygen atoms in total. The molecular formula is C11H13FN4S2. The van der Waals surface area contributed by atoms with E-state index in [0.29, 0.717) is 6.54 Å². The average molecular weight is 284 g/mol. The van der Waals surface area contributed by atoms with Crippen molar-refractivity contribution in [3.8, 4) is 0 Å². The lowest BCUT2D eigenvalue weighted by atomic mass is 10.2. The highest BCUT2D eigenvalue weighted by Gasteiger charge is 2.10. The van der Waals surface area contributed by atoms with E-state index in [0.717, 1.165) is 19.9 Å². The molecule has 2 N–H and O–H groups in total. The van der Waals surface area contributed by atoms with E-state index >= 15 is 0 Å². The van der Waals surface area contributed by atoms with E-state index in [2.05, 4.69) is 10.2 Å². The summed E-state index contributed by atoms with van der Waals surface area (Å²) in [6, 6.07) is 4.60. The van der Waals surface area contributed by atoms with Crippen LogP contribution in [0.1, 0.15) is 5.56 Å². The lowest BCUT2D eigenvalue weighted by Crippen LogP contribution is -2.07. The summed E-state index contributed by atoms with van der Waals surface area (Å²) in [5.41, 5.74) is 6.39. The molecule has 1 aromatic heterocycles. The highest BCUT2D eigenvalue weighted by atomic mass is 32.2. The molecule has 0 saturated heterocycles.